The van der Waals surface area contributed by atoms with Crippen LogP contribution in [-0.4, -0.2) is 65.0 Å². The van der Waals surface area contributed by atoms with Gasteiger partial charge in [-0.2, -0.15) is 0 Å². The van der Waals surface area contributed by atoms with Gasteiger partial charge in [0.25, 0.3) is 0 Å². The summed E-state index contributed by atoms with van der Waals surface area (Å²) in [5, 5.41) is 10.8. The Morgan fingerprint density at radius 2 is 2.17 bits per heavy atom. The average Bonchev–Trinajstić information content (AvgIpc) is 2.31. The Bertz CT molecular complexity index is 358. The number of carbonyl (C=O) groups excluding carboxylic acids is 2. The van der Waals surface area contributed by atoms with Gasteiger partial charge in [0, 0.05) is 19.6 Å². The quantitative estimate of drug-likeness (QED) is 0.727. The van der Waals surface area contributed by atoms with Crippen LogP contribution in [0.3, 0.4) is 0 Å². The van der Waals surface area contributed by atoms with Crippen LogP contribution < -0.4 is 5.32 Å². The third kappa shape index (κ3) is 3.12. The molecule has 7 heteroatoms. The smallest absolute Gasteiger partial charge is 0.405 e. The number of nitrogens with zero attached hydrogens (tertiary/aromatic N) is 2. The lowest BCUT2D eigenvalue weighted by molar-refractivity contribution is -0.147. The number of hydrogen-bond donors (Lipinski definition) is 2. The molecule has 0 aliphatic carbocycles. The molecule has 0 saturated carbocycles. The van der Waals surface area contributed by atoms with Crippen molar-refractivity contribution in [2.75, 3.05) is 20.1 Å². The monoisotopic (exact) mass is 257 g/mol. The number of rotatable bonds is 3. The molecule has 0 aromatic carbocycles. The molecule has 7 nitrogen and oxygen atoms in total. The fraction of sp³-hybridized carbons (Fsp3) is 0.727. The second-order valence-corrected chi connectivity index (χ2v) is 4.48. The van der Waals surface area contributed by atoms with Crippen molar-refractivity contribution < 1.29 is 19.5 Å². The van der Waals surface area contributed by atoms with Crippen molar-refractivity contribution in [2.24, 2.45) is 0 Å². The summed E-state index contributed by atoms with van der Waals surface area (Å²) in [7, 11) is 1.70. The standard InChI is InChI=1S/C11H19N3O4/c1-4-8(12-11(17)18)10(16)14-5-7(2)13(3)9(15)6-14/h7-8,12H,4-6H2,1-3H3,(H,17,18). The molecule has 1 aliphatic heterocycles. The van der Waals surface area contributed by atoms with E-state index in [0.717, 1.165) is 0 Å². The number of piperazine rings is 1. The van der Waals surface area contributed by atoms with Crippen molar-refractivity contribution in [1.29, 1.82) is 0 Å². The second kappa shape index (κ2) is 5.70. The Labute approximate surface area is 106 Å². The van der Waals surface area contributed by atoms with Gasteiger partial charge in [0.15, 0.2) is 0 Å². The molecular weight excluding hydrogens is 238 g/mol. The molecule has 1 saturated heterocycles. The van der Waals surface area contributed by atoms with Gasteiger partial charge >= 0.3 is 6.09 Å². The lowest BCUT2D eigenvalue weighted by atomic mass is 10.1. The van der Waals surface area contributed by atoms with Crippen LogP contribution in [-0.2, 0) is 9.59 Å². The van der Waals surface area contributed by atoms with Crippen molar-refractivity contribution in [3.63, 3.8) is 0 Å². The van der Waals surface area contributed by atoms with Crippen molar-refractivity contribution in [3.8, 4) is 0 Å². The third-order valence-electron chi connectivity index (χ3n) is 3.18. The molecular formula is C11H19N3O4. The highest BCUT2D eigenvalue weighted by Gasteiger charge is 2.33. The number of hydrogen-bond acceptors (Lipinski definition) is 3. The number of likely N-dealkylation sites (N-methyl/N-ethyl adjacent to an activating group) is 1. The first kappa shape index (κ1) is 14.3. The summed E-state index contributed by atoms with van der Waals surface area (Å²) in [5.74, 6) is -0.472. The number of carboxylic acid groups (broad SMARTS) is 1. The summed E-state index contributed by atoms with van der Waals surface area (Å²) in [6.45, 7) is 4.01. The lowest BCUT2D eigenvalue weighted by Crippen LogP contribution is -2.59. The van der Waals surface area contributed by atoms with Crippen LogP contribution in [0.4, 0.5) is 4.79 Å². The van der Waals surface area contributed by atoms with Gasteiger partial charge < -0.3 is 20.2 Å². The van der Waals surface area contributed by atoms with Gasteiger partial charge in [-0.05, 0) is 13.3 Å². The minimum absolute atomic E-state index is 0.0114. The molecule has 0 spiro atoms. The predicted molar refractivity (Wildman–Crippen MR) is 64.1 cm³/mol. The summed E-state index contributed by atoms with van der Waals surface area (Å²) in [6.07, 6.45) is -0.872. The van der Waals surface area contributed by atoms with Crippen molar-refractivity contribution >= 4 is 17.9 Å². The van der Waals surface area contributed by atoms with E-state index in [1.165, 1.54) is 4.90 Å². The normalized spacial score (nSPS) is 21.7. The fourth-order valence-electron chi connectivity index (χ4n) is 1.90. The Morgan fingerprint density at radius 1 is 1.56 bits per heavy atom. The maximum absolute atomic E-state index is 12.1. The first-order valence-electron chi connectivity index (χ1n) is 5.90. The number of amides is 3. The van der Waals surface area contributed by atoms with Crippen LogP contribution in [0, 0.1) is 0 Å². The SMILES string of the molecule is CCC(NC(=O)O)C(=O)N1CC(=O)N(C)C(C)C1. The lowest BCUT2D eigenvalue weighted by Gasteiger charge is -2.38. The Kier molecular flexibility index (Phi) is 4.52. The maximum Gasteiger partial charge on any atom is 0.405 e. The highest BCUT2D eigenvalue weighted by Crippen LogP contribution is 2.10. The third-order valence-corrected chi connectivity index (χ3v) is 3.18. The molecule has 2 N–H and O–H groups in total. The molecule has 0 bridgehead atoms. The van der Waals surface area contributed by atoms with Gasteiger partial charge in [-0.15, -0.1) is 0 Å². The largest absolute Gasteiger partial charge is 0.465 e. The summed E-state index contributed by atoms with van der Waals surface area (Å²) in [5.41, 5.74) is 0. The van der Waals surface area contributed by atoms with Gasteiger partial charge in [0.05, 0.1) is 6.54 Å². The molecule has 18 heavy (non-hydrogen) atoms. The van der Waals surface area contributed by atoms with Crippen LogP contribution in [0.5, 0.6) is 0 Å². The Morgan fingerprint density at radius 3 is 2.61 bits per heavy atom. The first-order valence-corrected chi connectivity index (χ1v) is 5.90. The van der Waals surface area contributed by atoms with Crippen LogP contribution in [0.1, 0.15) is 20.3 Å². The Hall–Kier alpha value is -1.79. The molecule has 2 unspecified atom stereocenters. The van der Waals surface area contributed by atoms with E-state index in [1.807, 2.05) is 6.92 Å². The predicted octanol–water partition coefficient (Wildman–Crippen LogP) is -0.278. The number of nitrogens with one attached hydrogen (secondary N) is 1. The van der Waals surface area contributed by atoms with E-state index in [-0.39, 0.29) is 24.4 Å². The van der Waals surface area contributed by atoms with Gasteiger partial charge in [-0.3, -0.25) is 9.59 Å². The fourth-order valence-corrected chi connectivity index (χ4v) is 1.90. The molecule has 0 radical (unpaired) electrons. The second-order valence-electron chi connectivity index (χ2n) is 4.48. The summed E-state index contributed by atoms with van der Waals surface area (Å²) in [4.78, 5) is 37.3. The molecule has 0 aromatic heterocycles. The van der Waals surface area contributed by atoms with E-state index in [4.69, 9.17) is 5.11 Å². The van der Waals surface area contributed by atoms with E-state index in [1.54, 1.807) is 18.9 Å². The molecule has 0 aromatic rings. The van der Waals surface area contributed by atoms with E-state index < -0.39 is 12.1 Å². The molecule has 1 fully saturated rings. The average molecular weight is 257 g/mol. The van der Waals surface area contributed by atoms with Crippen LogP contribution in [0.25, 0.3) is 0 Å². The molecule has 2 atom stereocenters. The highest BCUT2D eigenvalue weighted by atomic mass is 16.4. The molecule has 102 valence electrons. The summed E-state index contributed by atoms with van der Waals surface area (Å²) in [6, 6.07) is -0.844. The van der Waals surface area contributed by atoms with E-state index in [0.29, 0.717) is 13.0 Å². The van der Waals surface area contributed by atoms with Crippen LogP contribution in [0.15, 0.2) is 0 Å². The molecule has 1 aliphatic rings. The van der Waals surface area contributed by atoms with Crippen molar-refractivity contribution in [2.45, 2.75) is 32.4 Å². The van der Waals surface area contributed by atoms with Gasteiger partial charge in [0.2, 0.25) is 11.8 Å². The zero-order chi connectivity index (χ0) is 13.9. The van der Waals surface area contributed by atoms with Crippen molar-refractivity contribution in [3.05, 3.63) is 0 Å². The highest BCUT2D eigenvalue weighted by molar-refractivity contribution is 5.90. The zero-order valence-corrected chi connectivity index (χ0v) is 10.8. The summed E-state index contributed by atoms with van der Waals surface area (Å²) < 4.78 is 0. The number of carbonyl (C=O) groups is 3. The van der Waals surface area contributed by atoms with Crippen LogP contribution >= 0.6 is 0 Å². The van der Waals surface area contributed by atoms with Crippen molar-refractivity contribution in [1.82, 2.24) is 15.1 Å². The molecule has 3 amide bonds. The minimum atomic E-state index is -1.23. The zero-order valence-electron chi connectivity index (χ0n) is 10.8. The topological polar surface area (TPSA) is 90.0 Å². The van der Waals surface area contributed by atoms with Gasteiger partial charge in [-0.1, -0.05) is 6.92 Å². The Balaban J connectivity index is 2.71. The van der Waals surface area contributed by atoms with Gasteiger partial charge in [-0.25, -0.2) is 4.79 Å². The van der Waals surface area contributed by atoms with E-state index in [9.17, 15) is 14.4 Å². The molecule has 1 rings (SSSR count). The minimum Gasteiger partial charge on any atom is -0.465 e. The molecule has 1 heterocycles. The van der Waals surface area contributed by atoms with Gasteiger partial charge in [0.1, 0.15) is 6.04 Å². The summed E-state index contributed by atoms with van der Waals surface area (Å²) >= 11 is 0. The maximum atomic E-state index is 12.1. The van der Waals surface area contributed by atoms with E-state index >= 15 is 0 Å². The van der Waals surface area contributed by atoms with E-state index in [2.05, 4.69) is 5.32 Å². The first-order chi connectivity index (χ1) is 8.36. The van der Waals surface area contributed by atoms with Crippen LogP contribution in [0.2, 0.25) is 0 Å².